The van der Waals surface area contributed by atoms with E-state index in [4.69, 9.17) is 9.47 Å². The molecule has 0 amide bonds. The summed E-state index contributed by atoms with van der Waals surface area (Å²) < 4.78 is 22.9. The van der Waals surface area contributed by atoms with E-state index in [0.29, 0.717) is 13.0 Å². The largest absolute Gasteiger partial charge is 0.458 e. The summed E-state index contributed by atoms with van der Waals surface area (Å²) in [5.74, 6) is -0.635. The van der Waals surface area contributed by atoms with E-state index in [1.54, 1.807) is 19.2 Å². The first-order chi connectivity index (χ1) is 8.13. The summed E-state index contributed by atoms with van der Waals surface area (Å²) in [4.78, 5) is 11.0. The van der Waals surface area contributed by atoms with E-state index >= 15 is 0 Å². The maximum absolute atomic E-state index is 12.8. The van der Waals surface area contributed by atoms with Gasteiger partial charge in [0.05, 0.1) is 0 Å². The molecule has 0 aliphatic rings. The van der Waals surface area contributed by atoms with Gasteiger partial charge in [0.1, 0.15) is 11.9 Å². The van der Waals surface area contributed by atoms with Gasteiger partial charge in [-0.25, -0.2) is 4.39 Å². The number of carbonyl (C=O) groups excluding carboxylic acids is 1. The van der Waals surface area contributed by atoms with Crippen molar-refractivity contribution in [3.8, 4) is 0 Å². The highest BCUT2D eigenvalue weighted by molar-refractivity contribution is 5.66. The van der Waals surface area contributed by atoms with Gasteiger partial charge in [-0.05, 0) is 30.5 Å². The second-order valence-electron chi connectivity index (χ2n) is 3.78. The molecule has 0 heterocycles. The summed E-state index contributed by atoms with van der Waals surface area (Å²) >= 11 is 0. The minimum absolute atomic E-state index is 0.299. The van der Waals surface area contributed by atoms with E-state index in [0.717, 1.165) is 12.0 Å². The average molecular weight is 240 g/mol. The fourth-order valence-electron chi connectivity index (χ4n) is 1.58. The Morgan fingerprint density at radius 2 is 2.00 bits per heavy atom. The van der Waals surface area contributed by atoms with Crippen LogP contribution in [0, 0.1) is 5.82 Å². The van der Waals surface area contributed by atoms with Crippen LogP contribution in [-0.2, 0) is 14.3 Å². The van der Waals surface area contributed by atoms with Crippen molar-refractivity contribution in [2.45, 2.75) is 25.9 Å². The average Bonchev–Trinajstić information content (AvgIpc) is 2.28. The first-order valence-corrected chi connectivity index (χ1v) is 5.55. The van der Waals surface area contributed by atoms with Crippen LogP contribution in [-0.4, -0.2) is 19.7 Å². The number of methoxy groups -OCH3 is 1. The van der Waals surface area contributed by atoms with Gasteiger partial charge in [-0.2, -0.15) is 0 Å². The minimum atomic E-state index is -0.336. The molecule has 0 N–H and O–H groups in total. The molecule has 0 fully saturated rings. The van der Waals surface area contributed by atoms with Crippen LogP contribution in [0.2, 0.25) is 0 Å². The van der Waals surface area contributed by atoms with Crippen LogP contribution in [0.5, 0.6) is 0 Å². The van der Waals surface area contributed by atoms with E-state index in [2.05, 4.69) is 0 Å². The van der Waals surface area contributed by atoms with Crippen molar-refractivity contribution < 1.29 is 18.7 Å². The van der Waals surface area contributed by atoms with Crippen LogP contribution in [0.25, 0.3) is 0 Å². The summed E-state index contributed by atoms with van der Waals surface area (Å²) in [6.07, 6.45) is 1.12. The van der Waals surface area contributed by atoms with Gasteiger partial charge in [0.15, 0.2) is 0 Å². The van der Waals surface area contributed by atoms with Gasteiger partial charge in [-0.15, -0.1) is 0 Å². The van der Waals surface area contributed by atoms with E-state index in [9.17, 15) is 9.18 Å². The van der Waals surface area contributed by atoms with Gasteiger partial charge in [-0.3, -0.25) is 4.79 Å². The number of carbonyl (C=O) groups is 1. The maximum atomic E-state index is 12.8. The number of esters is 1. The van der Waals surface area contributed by atoms with Crippen molar-refractivity contribution in [1.82, 2.24) is 0 Å². The zero-order valence-corrected chi connectivity index (χ0v) is 10.1. The summed E-state index contributed by atoms with van der Waals surface area (Å²) in [6.45, 7) is 1.98. The Labute approximate surface area is 101 Å². The Morgan fingerprint density at radius 3 is 2.53 bits per heavy atom. The molecule has 1 unspecified atom stereocenters. The second kappa shape index (κ2) is 7.01. The van der Waals surface area contributed by atoms with Crippen LogP contribution < -0.4 is 0 Å². The van der Waals surface area contributed by atoms with Crippen molar-refractivity contribution in [2.75, 3.05) is 13.7 Å². The molecule has 1 atom stereocenters. The summed E-state index contributed by atoms with van der Waals surface area (Å²) in [5.41, 5.74) is 0.803. The summed E-state index contributed by atoms with van der Waals surface area (Å²) in [7, 11) is 1.62. The highest BCUT2D eigenvalue weighted by atomic mass is 19.1. The van der Waals surface area contributed by atoms with Crippen LogP contribution in [0.4, 0.5) is 4.39 Å². The van der Waals surface area contributed by atoms with Crippen molar-refractivity contribution in [1.29, 1.82) is 0 Å². The van der Waals surface area contributed by atoms with Gasteiger partial charge in [0, 0.05) is 20.6 Å². The molecule has 1 aromatic carbocycles. The summed E-state index contributed by atoms with van der Waals surface area (Å²) in [5, 5.41) is 0. The van der Waals surface area contributed by atoms with Crippen molar-refractivity contribution in [3.63, 3.8) is 0 Å². The predicted molar refractivity (Wildman–Crippen MR) is 62.0 cm³/mol. The lowest BCUT2D eigenvalue weighted by Crippen LogP contribution is -2.09. The van der Waals surface area contributed by atoms with Crippen LogP contribution in [0.15, 0.2) is 24.3 Å². The molecule has 1 rings (SSSR count). The van der Waals surface area contributed by atoms with E-state index in [1.165, 1.54) is 19.1 Å². The number of halogens is 1. The molecule has 0 aromatic heterocycles. The quantitative estimate of drug-likeness (QED) is 0.566. The van der Waals surface area contributed by atoms with Crippen LogP contribution in [0.3, 0.4) is 0 Å². The van der Waals surface area contributed by atoms with Gasteiger partial charge in [-0.1, -0.05) is 12.1 Å². The van der Waals surface area contributed by atoms with Gasteiger partial charge >= 0.3 is 5.97 Å². The van der Waals surface area contributed by atoms with Gasteiger partial charge < -0.3 is 9.47 Å². The molecule has 0 aliphatic heterocycles. The zero-order chi connectivity index (χ0) is 12.7. The second-order valence-corrected chi connectivity index (χ2v) is 3.78. The van der Waals surface area contributed by atoms with Crippen molar-refractivity contribution in [3.05, 3.63) is 35.6 Å². The molecule has 4 heteroatoms. The third kappa shape index (κ3) is 4.95. The molecule has 17 heavy (non-hydrogen) atoms. The normalized spacial score (nSPS) is 12.2. The van der Waals surface area contributed by atoms with E-state index in [1.807, 2.05) is 0 Å². The first kappa shape index (κ1) is 13.6. The highest BCUT2D eigenvalue weighted by Crippen LogP contribution is 2.23. The van der Waals surface area contributed by atoms with Crippen molar-refractivity contribution in [2.24, 2.45) is 0 Å². The highest BCUT2D eigenvalue weighted by Gasteiger charge is 2.14. The predicted octanol–water partition coefficient (Wildman–Crippen LogP) is 2.86. The number of rotatable bonds is 6. The fourth-order valence-corrected chi connectivity index (χ4v) is 1.58. The minimum Gasteiger partial charge on any atom is -0.458 e. The Kier molecular flexibility index (Phi) is 5.63. The first-order valence-electron chi connectivity index (χ1n) is 5.55. The Hall–Kier alpha value is -1.42. The van der Waals surface area contributed by atoms with Crippen molar-refractivity contribution >= 4 is 5.97 Å². The number of ether oxygens (including phenoxy) is 2. The Balaban J connectivity index is 2.67. The number of hydrogen-bond donors (Lipinski definition) is 0. The van der Waals surface area contributed by atoms with E-state index < -0.39 is 0 Å². The molecule has 3 nitrogen and oxygen atoms in total. The number of hydrogen-bond acceptors (Lipinski definition) is 3. The molecule has 0 saturated carbocycles. The molecule has 0 spiro atoms. The third-order valence-electron chi connectivity index (χ3n) is 2.36. The van der Waals surface area contributed by atoms with Gasteiger partial charge in [0.25, 0.3) is 0 Å². The standard InChI is InChI=1S/C13H17FO3/c1-10(15)17-13(4-3-9-16-2)11-5-7-12(14)8-6-11/h5-8,13H,3-4,9H2,1-2H3. The maximum Gasteiger partial charge on any atom is 0.303 e. The molecule has 1 aromatic rings. The molecule has 0 aliphatic carbocycles. The van der Waals surface area contributed by atoms with Crippen LogP contribution in [0.1, 0.15) is 31.4 Å². The topological polar surface area (TPSA) is 35.5 Å². The van der Waals surface area contributed by atoms with Crippen LogP contribution >= 0.6 is 0 Å². The number of benzene rings is 1. The van der Waals surface area contributed by atoms with E-state index in [-0.39, 0.29) is 17.9 Å². The van der Waals surface area contributed by atoms with Gasteiger partial charge in [0.2, 0.25) is 0 Å². The molecular weight excluding hydrogens is 223 g/mol. The smallest absolute Gasteiger partial charge is 0.303 e. The zero-order valence-electron chi connectivity index (χ0n) is 10.1. The SMILES string of the molecule is COCCCC(OC(C)=O)c1ccc(F)cc1. The molecule has 0 bridgehead atoms. The molecular formula is C13H17FO3. The molecule has 94 valence electrons. The Bertz CT molecular complexity index is 348. The Morgan fingerprint density at radius 1 is 1.35 bits per heavy atom. The third-order valence-corrected chi connectivity index (χ3v) is 2.36. The lowest BCUT2D eigenvalue weighted by molar-refractivity contribution is -0.147. The summed E-state index contributed by atoms with van der Waals surface area (Å²) in [6, 6.07) is 6.00. The monoisotopic (exact) mass is 240 g/mol. The fraction of sp³-hybridized carbons (Fsp3) is 0.462. The molecule has 0 saturated heterocycles. The molecule has 0 radical (unpaired) electrons. The lowest BCUT2D eigenvalue weighted by atomic mass is 10.0. The lowest BCUT2D eigenvalue weighted by Gasteiger charge is -2.17.